The van der Waals surface area contributed by atoms with Gasteiger partial charge in [-0.05, 0) is 57.0 Å². The number of carbonyl (C=O) groups excluding carboxylic acids is 1. The van der Waals surface area contributed by atoms with E-state index in [2.05, 4.69) is 27.7 Å². The summed E-state index contributed by atoms with van der Waals surface area (Å²) in [6.07, 6.45) is 4.32. The summed E-state index contributed by atoms with van der Waals surface area (Å²) >= 11 is 5.98. The van der Waals surface area contributed by atoms with Crippen molar-refractivity contribution in [1.82, 2.24) is 15.5 Å². The molecule has 5 heteroatoms. The highest BCUT2D eigenvalue weighted by atomic mass is 35.5. The van der Waals surface area contributed by atoms with Crippen molar-refractivity contribution in [2.24, 2.45) is 5.92 Å². The first-order chi connectivity index (χ1) is 11.2. The summed E-state index contributed by atoms with van der Waals surface area (Å²) in [4.78, 5) is 15.0. The quantitative estimate of drug-likeness (QED) is 0.892. The molecular formula is C18H26ClN3O. The predicted molar refractivity (Wildman–Crippen MR) is 93.6 cm³/mol. The summed E-state index contributed by atoms with van der Waals surface area (Å²) in [7, 11) is 1.95. The molecule has 23 heavy (non-hydrogen) atoms. The van der Waals surface area contributed by atoms with Gasteiger partial charge >= 0.3 is 0 Å². The highest BCUT2D eigenvalue weighted by Gasteiger charge is 2.32. The molecule has 0 radical (unpaired) electrons. The fraction of sp³-hybridized carbons (Fsp3) is 0.611. The Labute approximate surface area is 143 Å². The Bertz CT molecular complexity index is 534. The van der Waals surface area contributed by atoms with Crippen LogP contribution in [-0.2, 0) is 4.79 Å². The maximum absolute atomic E-state index is 12.9. The number of carbonyl (C=O) groups is 1. The third-order valence-corrected chi connectivity index (χ3v) is 5.43. The molecule has 2 aliphatic heterocycles. The molecule has 3 atom stereocenters. The summed E-state index contributed by atoms with van der Waals surface area (Å²) in [6.45, 7) is 2.65. The molecule has 2 saturated heterocycles. The molecule has 0 aliphatic carbocycles. The van der Waals surface area contributed by atoms with E-state index in [0.29, 0.717) is 11.8 Å². The number of hydrogen-bond acceptors (Lipinski definition) is 3. The van der Waals surface area contributed by atoms with Crippen LogP contribution in [0.4, 0.5) is 0 Å². The van der Waals surface area contributed by atoms with Gasteiger partial charge in [0.15, 0.2) is 0 Å². The number of nitrogens with zero attached hydrogens (tertiary/aromatic N) is 1. The van der Waals surface area contributed by atoms with Crippen LogP contribution in [0.1, 0.15) is 37.2 Å². The number of benzene rings is 1. The van der Waals surface area contributed by atoms with E-state index in [0.717, 1.165) is 50.3 Å². The van der Waals surface area contributed by atoms with Crippen LogP contribution in [-0.4, -0.2) is 43.7 Å². The average molecular weight is 336 g/mol. The molecule has 126 valence electrons. The fourth-order valence-electron chi connectivity index (χ4n) is 3.80. The molecule has 1 aromatic carbocycles. The van der Waals surface area contributed by atoms with Crippen LogP contribution in [0.3, 0.4) is 0 Å². The largest absolute Gasteiger partial charge is 0.342 e. The van der Waals surface area contributed by atoms with Crippen LogP contribution in [0.2, 0.25) is 5.02 Å². The molecule has 0 saturated carbocycles. The van der Waals surface area contributed by atoms with Crippen LogP contribution in [0.25, 0.3) is 0 Å². The molecule has 0 bridgehead atoms. The second-order valence-corrected chi connectivity index (χ2v) is 7.13. The number of piperidine rings is 2. The highest BCUT2D eigenvalue weighted by Crippen LogP contribution is 2.29. The molecule has 2 fully saturated rings. The molecule has 2 N–H and O–H groups in total. The number of nitrogens with one attached hydrogen (secondary N) is 2. The topological polar surface area (TPSA) is 44.4 Å². The molecule has 0 spiro atoms. The van der Waals surface area contributed by atoms with E-state index >= 15 is 0 Å². The summed E-state index contributed by atoms with van der Waals surface area (Å²) in [6, 6.07) is 8.09. The molecule has 1 amide bonds. The number of hydrogen-bond donors (Lipinski definition) is 2. The lowest BCUT2D eigenvalue weighted by molar-refractivity contribution is -0.138. The van der Waals surface area contributed by atoms with Crippen LogP contribution in [0.15, 0.2) is 24.3 Å². The van der Waals surface area contributed by atoms with Gasteiger partial charge < -0.3 is 15.5 Å². The normalized spacial score (nSPS) is 28.6. The molecule has 4 nitrogen and oxygen atoms in total. The van der Waals surface area contributed by atoms with E-state index in [-0.39, 0.29) is 12.1 Å². The van der Waals surface area contributed by atoms with Gasteiger partial charge in [0.2, 0.25) is 5.91 Å². The van der Waals surface area contributed by atoms with E-state index in [9.17, 15) is 4.79 Å². The van der Waals surface area contributed by atoms with Crippen molar-refractivity contribution >= 4 is 17.5 Å². The molecule has 2 heterocycles. The van der Waals surface area contributed by atoms with Gasteiger partial charge in [0.25, 0.3) is 0 Å². The van der Waals surface area contributed by atoms with Crippen molar-refractivity contribution in [2.45, 2.75) is 37.8 Å². The summed E-state index contributed by atoms with van der Waals surface area (Å²) in [5, 5.41) is 7.41. The first-order valence-corrected chi connectivity index (χ1v) is 9.00. The third kappa shape index (κ3) is 4.06. The van der Waals surface area contributed by atoms with E-state index in [4.69, 9.17) is 11.6 Å². The van der Waals surface area contributed by atoms with Crippen molar-refractivity contribution in [3.63, 3.8) is 0 Å². The Morgan fingerprint density at radius 1 is 1.30 bits per heavy atom. The lowest BCUT2D eigenvalue weighted by Gasteiger charge is -2.37. The summed E-state index contributed by atoms with van der Waals surface area (Å²) in [5.74, 6) is 0.926. The second-order valence-electron chi connectivity index (χ2n) is 6.69. The minimum atomic E-state index is 0.151. The molecular weight excluding hydrogens is 310 g/mol. The number of amides is 1. The smallest absolute Gasteiger partial charge is 0.225 e. The first kappa shape index (κ1) is 16.7. The van der Waals surface area contributed by atoms with Gasteiger partial charge in [-0.2, -0.15) is 0 Å². The lowest BCUT2D eigenvalue weighted by Crippen LogP contribution is -2.51. The minimum Gasteiger partial charge on any atom is -0.342 e. The van der Waals surface area contributed by atoms with Crippen molar-refractivity contribution in [1.29, 1.82) is 0 Å². The van der Waals surface area contributed by atoms with E-state index in [1.807, 2.05) is 19.2 Å². The van der Waals surface area contributed by atoms with Crippen molar-refractivity contribution < 1.29 is 4.79 Å². The zero-order chi connectivity index (χ0) is 16.2. The van der Waals surface area contributed by atoms with Gasteiger partial charge in [0.1, 0.15) is 0 Å². The monoisotopic (exact) mass is 335 g/mol. The van der Waals surface area contributed by atoms with Gasteiger partial charge in [-0.25, -0.2) is 0 Å². The highest BCUT2D eigenvalue weighted by molar-refractivity contribution is 6.30. The second kappa shape index (κ2) is 7.65. The third-order valence-electron chi connectivity index (χ3n) is 5.18. The number of rotatable bonds is 3. The SMILES string of the molecule is CNC1CC(C(=O)N2CCCC(c3ccc(Cl)cc3)C2)CCN1. The Balaban J connectivity index is 1.63. The van der Waals surface area contributed by atoms with Crippen molar-refractivity contribution in [2.75, 3.05) is 26.7 Å². The average Bonchev–Trinajstić information content (AvgIpc) is 2.62. The lowest BCUT2D eigenvalue weighted by atomic mass is 9.88. The molecule has 1 aromatic rings. The molecule has 3 rings (SSSR count). The van der Waals surface area contributed by atoms with Gasteiger partial charge in [-0.3, -0.25) is 4.79 Å². The molecule has 2 aliphatic rings. The molecule has 0 aromatic heterocycles. The molecule has 3 unspecified atom stereocenters. The van der Waals surface area contributed by atoms with Gasteiger partial charge in [0.05, 0.1) is 6.17 Å². The number of halogens is 1. The van der Waals surface area contributed by atoms with Crippen LogP contribution < -0.4 is 10.6 Å². The van der Waals surface area contributed by atoms with Gasteiger partial charge in [0, 0.05) is 29.9 Å². The zero-order valence-electron chi connectivity index (χ0n) is 13.7. The Morgan fingerprint density at radius 3 is 2.83 bits per heavy atom. The zero-order valence-corrected chi connectivity index (χ0v) is 14.5. The Hall–Kier alpha value is -1.10. The number of likely N-dealkylation sites (tertiary alicyclic amines) is 1. The van der Waals surface area contributed by atoms with Crippen LogP contribution >= 0.6 is 11.6 Å². The van der Waals surface area contributed by atoms with Crippen molar-refractivity contribution in [3.8, 4) is 0 Å². The van der Waals surface area contributed by atoms with E-state index < -0.39 is 0 Å². The standard InChI is InChI=1S/C18H26ClN3O/c1-20-17-11-14(8-9-21-17)18(23)22-10-2-3-15(12-22)13-4-6-16(19)7-5-13/h4-7,14-15,17,20-21H,2-3,8-12H2,1H3. The van der Waals surface area contributed by atoms with Crippen LogP contribution in [0, 0.1) is 5.92 Å². The minimum absolute atomic E-state index is 0.151. The van der Waals surface area contributed by atoms with Crippen LogP contribution in [0.5, 0.6) is 0 Å². The first-order valence-electron chi connectivity index (χ1n) is 8.62. The summed E-state index contributed by atoms with van der Waals surface area (Å²) < 4.78 is 0. The maximum Gasteiger partial charge on any atom is 0.225 e. The summed E-state index contributed by atoms with van der Waals surface area (Å²) in [5.41, 5.74) is 1.30. The van der Waals surface area contributed by atoms with Gasteiger partial charge in [-0.15, -0.1) is 0 Å². The fourth-order valence-corrected chi connectivity index (χ4v) is 3.93. The van der Waals surface area contributed by atoms with Crippen molar-refractivity contribution in [3.05, 3.63) is 34.9 Å². The predicted octanol–water partition coefficient (Wildman–Crippen LogP) is 2.59. The van der Waals surface area contributed by atoms with E-state index in [1.54, 1.807) is 0 Å². The van der Waals surface area contributed by atoms with Gasteiger partial charge in [-0.1, -0.05) is 23.7 Å². The Morgan fingerprint density at radius 2 is 2.09 bits per heavy atom. The maximum atomic E-state index is 12.9. The Kier molecular flexibility index (Phi) is 5.57. The van der Waals surface area contributed by atoms with E-state index in [1.165, 1.54) is 5.56 Å².